The normalized spacial score (nSPS) is 0.714. The van der Waals surface area contributed by atoms with E-state index in [1.807, 2.05) is 0 Å². The fourth-order valence-corrected chi connectivity index (χ4v) is 0. The Hall–Kier alpha value is 2.58. The van der Waals surface area contributed by atoms with Crippen molar-refractivity contribution in [3.63, 3.8) is 0 Å². The number of hydrogen-bond acceptors (Lipinski definition) is 1. The maximum atomic E-state index is 7.94. The zero-order valence-corrected chi connectivity index (χ0v) is 11.4. The Kier molecular flexibility index (Phi) is 584. The van der Waals surface area contributed by atoms with Crippen molar-refractivity contribution in [2.75, 3.05) is 0 Å². The van der Waals surface area contributed by atoms with Gasteiger partial charge in [0.15, 0.2) is 0 Å². The van der Waals surface area contributed by atoms with Crippen LogP contribution in [0.3, 0.4) is 0 Å². The van der Waals surface area contributed by atoms with Crippen molar-refractivity contribution in [2.45, 2.75) is 0 Å². The Morgan fingerprint density at radius 1 is 0.714 bits per heavy atom. The SMILES string of the molecule is [La+3].[La+3].[O-2].[O-2].[O-2].[O]=[Co]. The van der Waals surface area contributed by atoms with Gasteiger partial charge in [0.25, 0.3) is 0 Å². The molecule has 0 bridgehead atoms. The standard InChI is InChI=1S/Co.2La.4O/q;2*+3;;3*-2. The molecule has 0 amide bonds. The van der Waals surface area contributed by atoms with Gasteiger partial charge in [-0.05, 0) is 0 Å². The van der Waals surface area contributed by atoms with Crippen LogP contribution >= 0.6 is 0 Å². The van der Waals surface area contributed by atoms with Gasteiger partial charge < -0.3 is 16.4 Å². The molecule has 7 heteroatoms. The molecule has 0 spiro atoms. The molecule has 0 aromatic heterocycles. The van der Waals surface area contributed by atoms with Gasteiger partial charge in [0.1, 0.15) is 0 Å². The summed E-state index contributed by atoms with van der Waals surface area (Å²) in [7, 11) is 0. The Morgan fingerprint density at radius 3 is 0.714 bits per heavy atom. The molecule has 0 aliphatic heterocycles. The van der Waals surface area contributed by atoms with E-state index < -0.39 is 0 Å². The molecule has 0 fully saturated rings. The zero-order chi connectivity index (χ0) is 2.00. The number of rotatable bonds is 0. The second-order valence-electron chi connectivity index (χ2n) is 0. The molecule has 0 aliphatic carbocycles. The summed E-state index contributed by atoms with van der Waals surface area (Å²) in [6.07, 6.45) is 0. The van der Waals surface area contributed by atoms with E-state index in [-0.39, 0.29) is 87.6 Å². The van der Waals surface area contributed by atoms with E-state index in [0.29, 0.717) is 0 Å². The average molecular weight is 401 g/mol. The molecule has 0 atom stereocenters. The molecule has 0 aromatic carbocycles. The van der Waals surface area contributed by atoms with Crippen LogP contribution in [0.2, 0.25) is 0 Å². The van der Waals surface area contributed by atoms with Gasteiger partial charge in [-0.25, -0.2) is 0 Å². The number of hydrogen-bond donors (Lipinski definition) is 0. The van der Waals surface area contributed by atoms with E-state index in [2.05, 4.69) is 15.7 Å². The minimum absolute atomic E-state index is 0. The molecule has 0 rings (SSSR count). The molecule has 0 aliphatic rings. The summed E-state index contributed by atoms with van der Waals surface area (Å²) in [5, 5.41) is 0. The molecule has 0 unspecified atom stereocenters. The van der Waals surface area contributed by atoms with Gasteiger partial charge in [0.2, 0.25) is 0 Å². The molecule has 7 heavy (non-hydrogen) atoms. The molecule has 0 saturated carbocycles. The predicted molar refractivity (Wildman–Crippen MR) is 2.75 cm³/mol. The first-order chi connectivity index (χ1) is 1.00. The van der Waals surface area contributed by atoms with Gasteiger partial charge in [-0.2, -0.15) is 0 Å². The second kappa shape index (κ2) is 74.2. The van der Waals surface area contributed by atoms with Crippen LogP contribution in [-0.2, 0) is 36.0 Å². The van der Waals surface area contributed by atoms with E-state index in [1.165, 1.54) is 0 Å². The van der Waals surface area contributed by atoms with Crippen LogP contribution in [0, 0.1) is 71.2 Å². The van der Waals surface area contributed by atoms with E-state index >= 15 is 0 Å². The van der Waals surface area contributed by atoms with Crippen molar-refractivity contribution in [3.8, 4) is 0 Å². The van der Waals surface area contributed by atoms with Crippen molar-refractivity contribution < 1.29 is 107 Å². The fraction of sp³-hybridized carbons (Fsp3) is 0. The third kappa shape index (κ3) is 55.9. The molecule has 0 N–H and O–H groups in total. The van der Waals surface area contributed by atoms with Crippen molar-refractivity contribution in [3.05, 3.63) is 0 Å². The van der Waals surface area contributed by atoms with Crippen LogP contribution < -0.4 is 0 Å². The summed E-state index contributed by atoms with van der Waals surface area (Å²) >= 11 is 2.31. The average Bonchev–Trinajstić information content (AvgIpc) is 1.00. The molecule has 0 heterocycles. The van der Waals surface area contributed by atoms with Crippen LogP contribution in [0.4, 0.5) is 0 Å². The van der Waals surface area contributed by atoms with Crippen molar-refractivity contribution >= 4 is 0 Å². The molecule has 0 aromatic rings. The molecular formula is CoLa2O4. The Labute approximate surface area is 105 Å². The summed E-state index contributed by atoms with van der Waals surface area (Å²) in [5.41, 5.74) is 0. The first kappa shape index (κ1) is 55.1. The van der Waals surface area contributed by atoms with Crippen LogP contribution in [0.25, 0.3) is 0 Å². The van der Waals surface area contributed by atoms with Crippen molar-refractivity contribution in [1.29, 1.82) is 0 Å². The Balaban J connectivity index is -0.000000000500. The van der Waals surface area contributed by atoms with E-state index in [9.17, 15) is 0 Å². The van der Waals surface area contributed by atoms with Gasteiger partial charge in [0, 0.05) is 0 Å². The van der Waals surface area contributed by atoms with Gasteiger partial charge in [-0.3, -0.25) is 0 Å². The molecular weight excluding hydrogens is 401 g/mol. The van der Waals surface area contributed by atoms with Crippen LogP contribution in [-0.4, -0.2) is 0 Å². The van der Waals surface area contributed by atoms with E-state index in [4.69, 9.17) is 3.87 Å². The van der Waals surface area contributed by atoms with Gasteiger partial charge in [-0.15, -0.1) is 0 Å². The molecule has 0 radical (unpaired) electrons. The van der Waals surface area contributed by atoms with E-state index in [0.717, 1.165) is 0 Å². The summed E-state index contributed by atoms with van der Waals surface area (Å²) in [5.74, 6) is 0. The maximum absolute atomic E-state index is 7.94. The fourth-order valence-electron chi connectivity index (χ4n) is 0. The molecule has 4 nitrogen and oxygen atoms in total. The minimum atomic E-state index is 0. The zero-order valence-electron chi connectivity index (χ0n) is 3.12. The van der Waals surface area contributed by atoms with Crippen LogP contribution in [0.5, 0.6) is 0 Å². The summed E-state index contributed by atoms with van der Waals surface area (Å²) in [6.45, 7) is 0. The summed E-state index contributed by atoms with van der Waals surface area (Å²) < 4.78 is 7.94. The first-order valence-electron chi connectivity index (χ1n) is 0.136. The van der Waals surface area contributed by atoms with Gasteiger partial charge in [0.05, 0.1) is 0 Å². The van der Waals surface area contributed by atoms with Crippen molar-refractivity contribution in [2.24, 2.45) is 0 Å². The Morgan fingerprint density at radius 2 is 0.714 bits per heavy atom. The third-order valence-electron chi connectivity index (χ3n) is 0. The van der Waals surface area contributed by atoms with Gasteiger partial charge >= 0.3 is 90.7 Å². The Bertz CT molecular complexity index is 9.65. The monoisotopic (exact) mass is 401 g/mol. The quantitative estimate of drug-likeness (QED) is 0.538. The summed E-state index contributed by atoms with van der Waals surface area (Å²) in [6, 6.07) is 0. The molecule has 0 saturated heterocycles. The first-order valence-corrected chi connectivity index (χ1v) is 0.561. The summed E-state index contributed by atoms with van der Waals surface area (Å²) in [4.78, 5) is 0. The molecule has 39 valence electrons. The van der Waals surface area contributed by atoms with E-state index in [1.54, 1.807) is 0 Å². The topological polar surface area (TPSA) is 103 Å². The van der Waals surface area contributed by atoms with Gasteiger partial charge in [-0.1, -0.05) is 0 Å². The predicted octanol–water partition coefficient (Wildman–Crippen LogP) is -0.478. The second-order valence-corrected chi connectivity index (χ2v) is 0. The van der Waals surface area contributed by atoms with Crippen molar-refractivity contribution in [1.82, 2.24) is 0 Å². The van der Waals surface area contributed by atoms with Crippen LogP contribution in [0.1, 0.15) is 0 Å². The third-order valence-corrected chi connectivity index (χ3v) is 0. The van der Waals surface area contributed by atoms with Crippen LogP contribution in [0.15, 0.2) is 0 Å².